The molecule has 0 aromatic heterocycles. The van der Waals surface area contributed by atoms with E-state index in [4.69, 9.17) is 9.47 Å². The first-order valence-electron chi connectivity index (χ1n) is 11.6. The van der Waals surface area contributed by atoms with Crippen LogP contribution < -0.4 is 16.0 Å². The van der Waals surface area contributed by atoms with Crippen molar-refractivity contribution in [1.82, 2.24) is 10.6 Å². The van der Waals surface area contributed by atoms with Crippen LogP contribution in [0.3, 0.4) is 0 Å². The zero-order valence-electron chi connectivity index (χ0n) is 21.2. The molecule has 7 heteroatoms. The van der Waals surface area contributed by atoms with Crippen LogP contribution in [0.25, 0.3) is 0 Å². The Labute approximate surface area is 198 Å². The fraction of sp³-hybridized carbons (Fsp3) is 0.538. The SMILES string of the molecule is CCC(CC)NC1=CC(CC(C(=O)OC)C(=O)OC)(Nc2c(C)cc(C)cc2C)NC(C)=C1. The highest BCUT2D eigenvalue weighted by Gasteiger charge is 2.41. The number of carbonyl (C=O) groups is 2. The number of benzene rings is 1. The highest BCUT2D eigenvalue weighted by molar-refractivity contribution is 5.95. The quantitative estimate of drug-likeness (QED) is 0.358. The van der Waals surface area contributed by atoms with Crippen molar-refractivity contribution in [3.05, 3.63) is 52.4 Å². The molecule has 7 nitrogen and oxygen atoms in total. The van der Waals surface area contributed by atoms with Crippen molar-refractivity contribution in [1.29, 1.82) is 0 Å². The molecule has 0 bridgehead atoms. The van der Waals surface area contributed by atoms with Crippen molar-refractivity contribution in [2.75, 3.05) is 19.5 Å². The van der Waals surface area contributed by atoms with Gasteiger partial charge in [0.05, 0.1) is 14.2 Å². The molecule has 1 atom stereocenters. The summed E-state index contributed by atoms with van der Waals surface area (Å²) in [6.07, 6.45) is 6.14. The van der Waals surface area contributed by atoms with Gasteiger partial charge in [0, 0.05) is 29.5 Å². The maximum Gasteiger partial charge on any atom is 0.320 e. The van der Waals surface area contributed by atoms with Crippen LogP contribution in [0.5, 0.6) is 0 Å². The van der Waals surface area contributed by atoms with Crippen LogP contribution in [0, 0.1) is 26.7 Å². The van der Waals surface area contributed by atoms with E-state index in [2.05, 4.69) is 48.9 Å². The fourth-order valence-electron chi connectivity index (χ4n) is 4.47. The fourth-order valence-corrected chi connectivity index (χ4v) is 4.47. The maximum absolute atomic E-state index is 12.6. The van der Waals surface area contributed by atoms with E-state index in [-0.39, 0.29) is 6.42 Å². The lowest BCUT2D eigenvalue weighted by Gasteiger charge is -2.40. The summed E-state index contributed by atoms with van der Waals surface area (Å²) in [7, 11) is 2.56. The second kappa shape index (κ2) is 11.3. The van der Waals surface area contributed by atoms with Crippen molar-refractivity contribution in [2.45, 2.75) is 72.5 Å². The molecule has 1 aromatic rings. The van der Waals surface area contributed by atoms with E-state index in [0.717, 1.165) is 41.1 Å². The monoisotopic (exact) mass is 457 g/mol. The smallest absolute Gasteiger partial charge is 0.320 e. The van der Waals surface area contributed by atoms with Gasteiger partial charge >= 0.3 is 11.9 Å². The molecule has 1 unspecified atom stereocenters. The zero-order chi connectivity index (χ0) is 24.8. The van der Waals surface area contributed by atoms with E-state index in [1.165, 1.54) is 19.8 Å². The Morgan fingerprint density at radius 3 is 2.03 bits per heavy atom. The molecule has 182 valence electrons. The maximum atomic E-state index is 12.6. The Morgan fingerprint density at radius 2 is 1.55 bits per heavy atom. The van der Waals surface area contributed by atoms with Crippen LogP contribution >= 0.6 is 0 Å². The molecule has 0 spiro atoms. The van der Waals surface area contributed by atoms with Crippen LogP contribution in [-0.4, -0.2) is 37.9 Å². The third kappa shape index (κ3) is 6.53. The molecule has 1 aromatic carbocycles. The first kappa shape index (κ1) is 26.3. The standard InChI is InChI=1S/C26H39N3O4/c1-9-20(10-2)27-21-13-19(6)28-26(14-21,15-22(24(30)32-7)25(31)33-8)29-23-17(4)11-16(3)12-18(23)5/h11-14,20,22,27-29H,9-10,15H2,1-8H3. The lowest BCUT2D eigenvalue weighted by Crippen LogP contribution is -2.55. The molecule has 1 heterocycles. The first-order valence-corrected chi connectivity index (χ1v) is 11.6. The van der Waals surface area contributed by atoms with E-state index >= 15 is 0 Å². The number of carbonyl (C=O) groups excluding carboxylic acids is 2. The number of hydrogen-bond donors (Lipinski definition) is 3. The number of ether oxygens (including phenoxy) is 2. The molecular formula is C26H39N3O4. The second-order valence-corrected chi connectivity index (χ2v) is 8.88. The minimum Gasteiger partial charge on any atom is -0.468 e. The van der Waals surface area contributed by atoms with Crippen LogP contribution in [0.2, 0.25) is 0 Å². The van der Waals surface area contributed by atoms with Crippen molar-refractivity contribution >= 4 is 17.6 Å². The van der Waals surface area contributed by atoms with Gasteiger partial charge in [0.1, 0.15) is 5.66 Å². The first-order chi connectivity index (χ1) is 15.6. The molecule has 1 aliphatic rings. The summed E-state index contributed by atoms with van der Waals surface area (Å²) >= 11 is 0. The molecule has 0 fully saturated rings. The van der Waals surface area contributed by atoms with E-state index < -0.39 is 23.5 Å². The second-order valence-electron chi connectivity index (χ2n) is 8.88. The predicted octanol–water partition coefficient (Wildman–Crippen LogP) is 4.24. The van der Waals surface area contributed by atoms with Gasteiger partial charge in [0.15, 0.2) is 5.92 Å². The minimum atomic E-state index is -1.09. The van der Waals surface area contributed by atoms with Gasteiger partial charge in [-0.15, -0.1) is 0 Å². The van der Waals surface area contributed by atoms with E-state index in [1.807, 2.05) is 32.9 Å². The lowest BCUT2D eigenvalue weighted by molar-refractivity contribution is -0.159. The Balaban J connectivity index is 2.60. The normalized spacial score (nSPS) is 17.8. The van der Waals surface area contributed by atoms with Gasteiger partial charge in [-0.25, -0.2) is 0 Å². The van der Waals surface area contributed by atoms with Crippen LogP contribution in [0.1, 0.15) is 56.7 Å². The van der Waals surface area contributed by atoms with Gasteiger partial charge < -0.3 is 25.4 Å². The van der Waals surface area contributed by atoms with Gasteiger partial charge in [0.2, 0.25) is 0 Å². The van der Waals surface area contributed by atoms with Gasteiger partial charge in [0.25, 0.3) is 0 Å². The summed E-state index contributed by atoms with van der Waals surface area (Å²) in [5, 5.41) is 10.7. The van der Waals surface area contributed by atoms with E-state index in [0.29, 0.717) is 6.04 Å². The molecule has 0 saturated carbocycles. The molecule has 3 N–H and O–H groups in total. The highest BCUT2D eigenvalue weighted by Crippen LogP contribution is 2.32. The molecule has 0 radical (unpaired) electrons. The number of aryl methyl sites for hydroxylation is 3. The zero-order valence-corrected chi connectivity index (χ0v) is 21.2. The largest absolute Gasteiger partial charge is 0.468 e. The molecule has 0 aliphatic carbocycles. The van der Waals surface area contributed by atoms with Crippen molar-refractivity contribution in [2.24, 2.45) is 5.92 Å². The number of anilines is 1. The Kier molecular flexibility index (Phi) is 8.97. The van der Waals surface area contributed by atoms with Crippen LogP contribution in [-0.2, 0) is 19.1 Å². The topological polar surface area (TPSA) is 88.7 Å². The Bertz CT molecular complexity index is 894. The number of rotatable bonds is 10. The third-order valence-electron chi connectivity index (χ3n) is 6.07. The molecule has 2 rings (SSSR count). The molecule has 33 heavy (non-hydrogen) atoms. The summed E-state index contributed by atoms with van der Waals surface area (Å²) in [6.45, 7) is 12.4. The van der Waals surface area contributed by atoms with Gasteiger partial charge in [-0.05, 0) is 63.8 Å². The average molecular weight is 458 g/mol. The Hall–Kier alpha value is -2.96. The van der Waals surface area contributed by atoms with Gasteiger partial charge in [-0.3, -0.25) is 9.59 Å². The van der Waals surface area contributed by atoms with Crippen molar-refractivity contribution in [3.63, 3.8) is 0 Å². The molecule has 1 aliphatic heterocycles. The van der Waals surface area contributed by atoms with Gasteiger partial charge in [-0.2, -0.15) is 0 Å². The predicted molar refractivity (Wildman–Crippen MR) is 132 cm³/mol. The number of dihydropyridines is 1. The summed E-state index contributed by atoms with van der Waals surface area (Å²) in [5.74, 6) is -2.35. The number of esters is 2. The third-order valence-corrected chi connectivity index (χ3v) is 6.07. The van der Waals surface area contributed by atoms with Crippen LogP contribution in [0.15, 0.2) is 35.7 Å². The van der Waals surface area contributed by atoms with Gasteiger partial charge in [-0.1, -0.05) is 31.5 Å². The molecular weight excluding hydrogens is 418 g/mol. The molecule has 0 amide bonds. The Morgan fingerprint density at radius 1 is 1.00 bits per heavy atom. The molecule has 0 saturated heterocycles. The number of hydrogen-bond acceptors (Lipinski definition) is 7. The van der Waals surface area contributed by atoms with E-state index in [9.17, 15) is 9.59 Å². The van der Waals surface area contributed by atoms with Crippen LogP contribution in [0.4, 0.5) is 5.69 Å². The summed E-state index contributed by atoms with van der Waals surface area (Å²) in [4.78, 5) is 25.1. The highest BCUT2D eigenvalue weighted by atomic mass is 16.5. The van der Waals surface area contributed by atoms with Crippen molar-refractivity contribution in [3.8, 4) is 0 Å². The minimum absolute atomic E-state index is 0.110. The summed E-state index contributed by atoms with van der Waals surface area (Å²) < 4.78 is 9.88. The van der Waals surface area contributed by atoms with E-state index in [1.54, 1.807) is 0 Å². The van der Waals surface area contributed by atoms with Crippen molar-refractivity contribution < 1.29 is 19.1 Å². The number of methoxy groups -OCH3 is 2. The number of allylic oxidation sites excluding steroid dienone is 2. The number of nitrogens with one attached hydrogen (secondary N) is 3. The lowest BCUT2D eigenvalue weighted by atomic mass is 9.89. The average Bonchev–Trinajstić information content (AvgIpc) is 2.77. The summed E-state index contributed by atoms with van der Waals surface area (Å²) in [6, 6.07) is 4.54. The summed E-state index contributed by atoms with van der Waals surface area (Å²) in [5.41, 5.74) is 5.20.